The molecule has 1 atom stereocenters. The molecule has 2 N–H and O–H groups in total. The zero-order valence-corrected chi connectivity index (χ0v) is 14.9. The molecule has 0 aliphatic rings. The van der Waals surface area contributed by atoms with E-state index in [0.29, 0.717) is 6.54 Å². The molecule has 0 aromatic heterocycles. The number of hydrogen-bond donors (Lipinski definition) is 2. The van der Waals surface area contributed by atoms with Crippen LogP contribution in [-0.4, -0.2) is 36.3 Å². The molecule has 0 saturated carbocycles. The Hall–Kier alpha value is -2.54. The fourth-order valence-corrected chi connectivity index (χ4v) is 2.83. The Balaban J connectivity index is 1.82. The average Bonchev–Trinajstić information content (AvgIpc) is 2.59. The molecular formula is C18H20N2O4S. The van der Waals surface area contributed by atoms with Crippen molar-refractivity contribution in [2.24, 2.45) is 0 Å². The van der Waals surface area contributed by atoms with E-state index >= 15 is 0 Å². The summed E-state index contributed by atoms with van der Waals surface area (Å²) in [5.41, 5.74) is 0. The maximum Gasteiger partial charge on any atom is 0.321 e. The highest BCUT2D eigenvalue weighted by Crippen LogP contribution is 2.23. The molecule has 0 heterocycles. The van der Waals surface area contributed by atoms with Crippen LogP contribution in [0.15, 0.2) is 47.4 Å². The summed E-state index contributed by atoms with van der Waals surface area (Å²) in [6.45, 7) is 3.56. The topological polar surface area (TPSA) is 84.5 Å². The van der Waals surface area contributed by atoms with Gasteiger partial charge in [-0.1, -0.05) is 30.3 Å². The molecular weight excluding hydrogens is 340 g/mol. The molecule has 1 unspecified atom stereocenters. The maximum atomic E-state index is 11.9. The highest BCUT2D eigenvalue weighted by molar-refractivity contribution is 8.00. The van der Waals surface area contributed by atoms with E-state index in [1.165, 1.54) is 18.7 Å². The van der Waals surface area contributed by atoms with Gasteiger partial charge in [0.15, 0.2) is 6.10 Å². The zero-order chi connectivity index (χ0) is 18.2. The van der Waals surface area contributed by atoms with Crippen molar-refractivity contribution < 1.29 is 19.1 Å². The zero-order valence-electron chi connectivity index (χ0n) is 14.1. The highest BCUT2D eigenvalue weighted by Gasteiger charge is 2.19. The molecule has 0 radical (unpaired) electrons. The van der Waals surface area contributed by atoms with Crippen molar-refractivity contribution in [2.75, 3.05) is 12.3 Å². The van der Waals surface area contributed by atoms with E-state index in [4.69, 9.17) is 4.74 Å². The Morgan fingerprint density at radius 3 is 2.56 bits per heavy atom. The summed E-state index contributed by atoms with van der Waals surface area (Å²) in [7, 11) is 0. The molecule has 25 heavy (non-hydrogen) atoms. The SMILES string of the molecule is CCNC(=O)NC(=O)C(C)OC(=O)CSc1ccc2ccccc2c1. The molecule has 0 aliphatic heterocycles. The van der Waals surface area contributed by atoms with Crippen molar-refractivity contribution >= 4 is 40.4 Å². The van der Waals surface area contributed by atoms with Crippen LogP contribution in [0.5, 0.6) is 0 Å². The first-order valence-electron chi connectivity index (χ1n) is 7.89. The van der Waals surface area contributed by atoms with Gasteiger partial charge in [0.2, 0.25) is 0 Å². The molecule has 0 bridgehead atoms. The average molecular weight is 360 g/mol. The molecule has 3 amide bonds. The molecule has 2 aromatic rings. The fourth-order valence-electron chi connectivity index (χ4n) is 2.10. The van der Waals surface area contributed by atoms with E-state index in [2.05, 4.69) is 10.6 Å². The lowest BCUT2D eigenvalue weighted by molar-refractivity contribution is -0.151. The number of amides is 3. The van der Waals surface area contributed by atoms with Crippen LogP contribution < -0.4 is 10.6 Å². The van der Waals surface area contributed by atoms with Crippen LogP contribution in [0.1, 0.15) is 13.8 Å². The van der Waals surface area contributed by atoms with E-state index in [9.17, 15) is 14.4 Å². The smallest absolute Gasteiger partial charge is 0.321 e. The van der Waals surface area contributed by atoms with Crippen LogP contribution >= 0.6 is 11.8 Å². The number of hydrogen-bond acceptors (Lipinski definition) is 5. The Kier molecular flexibility index (Phi) is 6.82. The summed E-state index contributed by atoms with van der Waals surface area (Å²) in [4.78, 5) is 35.8. The van der Waals surface area contributed by atoms with E-state index in [-0.39, 0.29) is 5.75 Å². The van der Waals surface area contributed by atoms with Gasteiger partial charge in [-0.25, -0.2) is 4.79 Å². The van der Waals surface area contributed by atoms with Gasteiger partial charge in [-0.2, -0.15) is 0 Å². The first-order chi connectivity index (χ1) is 12.0. The first-order valence-corrected chi connectivity index (χ1v) is 8.88. The fraction of sp³-hybridized carbons (Fsp3) is 0.278. The maximum absolute atomic E-state index is 11.9. The number of benzene rings is 2. The van der Waals surface area contributed by atoms with Gasteiger partial charge in [0.05, 0.1) is 5.75 Å². The molecule has 6 nitrogen and oxygen atoms in total. The third kappa shape index (κ3) is 5.79. The summed E-state index contributed by atoms with van der Waals surface area (Å²) in [5.74, 6) is -1.09. The first kappa shape index (κ1) is 18.8. The molecule has 2 rings (SSSR count). The second-order valence-electron chi connectivity index (χ2n) is 5.28. The minimum absolute atomic E-state index is 0.0805. The Morgan fingerprint density at radius 1 is 1.12 bits per heavy atom. The van der Waals surface area contributed by atoms with E-state index in [1.807, 2.05) is 42.5 Å². The largest absolute Gasteiger partial charge is 0.452 e. The number of carbonyl (C=O) groups is 3. The number of imide groups is 1. The molecule has 0 spiro atoms. The molecule has 2 aromatic carbocycles. The molecule has 0 saturated heterocycles. The van der Waals surface area contributed by atoms with Crippen molar-refractivity contribution in [1.29, 1.82) is 0 Å². The van der Waals surface area contributed by atoms with Crippen LogP contribution in [0, 0.1) is 0 Å². The molecule has 7 heteroatoms. The second-order valence-corrected chi connectivity index (χ2v) is 6.33. The molecule has 0 aliphatic carbocycles. The summed E-state index contributed by atoms with van der Waals surface area (Å²) < 4.78 is 5.05. The normalized spacial score (nSPS) is 11.6. The third-order valence-corrected chi connectivity index (χ3v) is 4.30. The highest BCUT2D eigenvalue weighted by atomic mass is 32.2. The van der Waals surface area contributed by atoms with Crippen LogP contribution in [0.3, 0.4) is 0 Å². The predicted molar refractivity (Wildman–Crippen MR) is 97.4 cm³/mol. The van der Waals surface area contributed by atoms with Gasteiger partial charge in [0, 0.05) is 11.4 Å². The van der Waals surface area contributed by atoms with Crippen LogP contribution in [0.25, 0.3) is 10.8 Å². The van der Waals surface area contributed by atoms with Crippen LogP contribution in [0.4, 0.5) is 4.79 Å². The quantitative estimate of drug-likeness (QED) is 0.611. The lowest BCUT2D eigenvalue weighted by Gasteiger charge is -2.13. The van der Waals surface area contributed by atoms with Crippen LogP contribution in [-0.2, 0) is 14.3 Å². The number of esters is 1. The molecule has 0 fully saturated rings. The second kappa shape index (κ2) is 9.08. The van der Waals surface area contributed by atoms with Gasteiger partial charge in [0.1, 0.15) is 0 Å². The number of fused-ring (bicyclic) bond motifs is 1. The van der Waals surface area contributed by atoms with Crippen molar-refractivity contribution in [3.63, 3.8) is 0 Å². The Bertz CT molecular complexity index is 779. The number of urea groups is 1. The number of nitrogens with one attached hydrogen (secondary N) is 2. The van der Waals surface area contributed by atoms with Gasteiger partial charge in [-0.15, -0.1) is 11.8 Å². The van der Waals surface area contributed by atoms with Crippen molar-refractivity contribution in [1.82, 2.24) is 10.6 Å². The monoisotopic (exact) mass is 360 g/mol. The lowest BCUT2D eigenvalue weighted by Crippen LogP contribution is -2.44. The predicted octanol–water partition coefficient (Wildman–Crippen LogP) is 2.71. The van der Waals surface area contributed by atoms with Gasteiger partial charge in [0.25, 0.3) is 5.91 Å². The van der Waals surface area contributed by atoms with Gasteiger partial charge in [-0.3, -0.25) is 14.9 Å². The van der Waals surface area contributed by atoms with E-state index in [1.54, 1.807) is 6.92 Å². The number of ether oxygens (including phenoxy) is 1. The number of carbonyl (C=O) groups excluding carboxylic acids is 3. The summed E-state index contributed by atoms with van der Waals surface area (Å²) in [5, 5.41) is 6.76. The van der Waals surface area contributed by atoms with Gasteiger partial charge < -0.3 is 10.1 Å². The van der Waals surface area contributed by atoms with E-state index < -0.39 is 24.0 Å². The van der Waals surface area contributed by atoms with Crippen molar-refractivity contribution in [3.8, 4) is 0 Å². The van der Waals surface area contributed by atoms with Crippen molar-refractivity contribution in [2.45, 2.75) is 24.8 Å². The number of thioether (sulfide) groups is 1. The summed E-state index contributed by atoms with van der Waals surface area (Å²) >= 11 is 1.33. The minimum Gasteiger partial charge on any atom is -0.452 e. The van der Waals surface area contributed by atoms with Gasteiger partial charge in [-0.05, 0) is 36.8 Å². The van der Waals surface area contributed by atoms with Gasteiger partial charge >= 0.3 is 12.0 Å². The third-order valence-electron chi connectivity index (χ3n) is 3.33. The summed E-state index contributed by atoms with van der Waals surface area (Å²) in [6.07, 6.45) is -1.03. The molecule has 132 valence electrons. The Morgan fingerprint density at radius 2 is 1.84 bits per heavy atom. The number of rotatable bonds is 6. The lowest BCUT2D eigenvalue weighted by atomic mass is 10.1. The minimum atomic E-state index is -1.03. The van der Waals surface area contributed by atoms with Crippen molar-refractivity contribution in [3.05, 3.63) is 42.5 Å². The Labute approximate surface area is 150 Å². The van der Waals surface area contributed by atoms with Crippen LogP contribution in [0.2, 0.25) is 0 Å². The van der Waals surface area contributed by atoms with E-state index in [0.717, 1.165) is 15.7 Å². The standard InChI is InChI=1S/C18H20N2O4S/c1-3-19-18(23)20-17(22)12(2)24-16(21)11-25-15-9-8-13-6-4-5-7-14(13)10-15/h4-10,12H,3,11H2,1-2H3,(H2,19,20,22,23). The summed E-state index contributed by atoms with van der Waals surface area (Å²) in [6, 6.07) is 13.3.